The highest BCUT2D eigenvalue weighted by Crippen LogP contribution is 2.41. The van der Waals surface area contributed by atoms with Crippen molar-refractivity contribution in [3.63, 3.8) is 0 Å². The molecule has 5 heteroatoms. The lowest BCUT2D eigenvalue weighted by atomic mass is 10.1. The predicted molar refractivity (Wildman–Crippen MR) is 81.2 cm³/mol. The van der Waals surface area contributed by atoms with E-state index in [1.165, 1.54) is 0 Å². The summed E-state index contributed by atoms with van der Waals surface area (Å²) in [5.74, 6) is 2.40. The van der Waals surface area contributed by atoms with Crippen molar-refractivity contribution in [2.24, 2.45) is 5.73 Å². The van der Waals surface area contributed by atoms with Gasteiger partial charge >= 0.3 is 0 Å². The highest BCUT2D eigenvalue weighted by atomic mass is 16.5. The van der Waals surface area contributed by atoms with Crippen LogP contribution in [0.5, 0.6) is 23.0 Å². The summed E-state index contributed by atoms with van der Waals surface area (Å²) in [6.07, 6.45) is 0. The molecule has 0 saturated heterocycles. The molecule has 0 saturated carbocycles. The van der Waals surface area contributed by atoms with Gasteiger partial charge < -0.3 is 19.9 Å². The van der Waals surface area contributed by atoms with Crippen LogP contribution in [0.15, 0.2) is 24.3 Å². The Bertz CT molecular complexity index is 619. The molecule has 0 fully saturated rings. The van der Waals surface area contributed by atoms with Crippen LogP contribution in [0.1, 0.15) is 17.0 Å². The maximum absolute atomic E-state index is 6.04. The highest BCUT2D eigenvalue weighted by Gasteiger charge is 2.16. The molecule has 0 spiro atoms. The van der Waals surface area contributed by atoms with Gasteiger partial charge in [0.15, 0.2) is 11.5 Å². The second kappa shape index (κ2) is 6.45. The maximum Gasteiger partial charge on any atom is 0.211 e. The molecule has 0 unspecified atom stereocenters. The second-order valence-electron chi connectivity index (χ2n) is 4.62. The molecule has 0 aliphatic heterocycles. The summed E-state index contributed by atoms with van der Waals surface area (Å²) in [6, 6.07) is 7.35. The number of rotatable bonds is 5. The van der Waals surface area contributed by atoms with Gasteiger partial charge in [0.1, 0.15) is 5.75 Å². The Morgan fingerprint density at radius 1 is 1.05 bits per heavy atom. The number of aromatic nitrogens is 1. The van der Waals surface area contributed by atoms with Gasteiger partial charge in [-0.25, -0.2) is 0 Å². The van der Waals surface area contributed by atoms with Gasteiger partial charge in [0, 0.05) is 29.6 Å². The molecular formula is C16H20N2O3. The molecule has 2 N–H and O–H groups in total. The summed E-state index contributed by atoms with van der Waals surface area (Å²) >= 11 is 0. The standard InChI is InChI=1S/C16H20N2O3/c1-10-8-15(12(9-17)11(2)18-10)21-16-13(19-3)6-5-7-14(16)20-4/h5-8H,9,17H2,1-4H3. The smallest absolute Gasteiger partial charge is 0.211 e. The highest BCUT2D eigenvalue weighted by molar-refractivity contribution is 5.54. The molecular weight excluding hydrogens is 268 g/mol. The molecule has 21 heavy (non-hydrogen) atoms. The van der Waals surface area contributed by atoms with E-state index in [9.17, 15) is 0 Å². The Kier molecular flexibility index (Phi) is 4.65. The Balaban J connectivity index is 2.52. The third-order valence-electron chi connectivity index (χ3n) is 3.22. The largest absolute Gasteiger partial charge is 0.493 e. The summed E-state index contributed by atoms with van der Waals surface area (Å²) in [7, 11) is 3.18. The van der Waals surface area contributed by atoms with Crippen LogP contribution in [-0.4, -0.2) is 19.2 Å². The molecule has 2 aromatic rings. The quantitative estimate of drug-likeness (QED) is 0.916. The molecule has 112 valence electrons. The van der Waals surface area contributed by atoms with E-state index in [0.717, 1.165) is 17.0 Å². The molecule has 5 nitrogen and oxygen atoms in total. The fourth-order valence-electron chi connectivity index (χ4n) is 2.19. The van der Waals surface area contributed by atoms with E-state index in [0.29, 0.717) is 29.5 Å². The summed E-state index contributed by atoms with van der Waals surface area (Å²) in [5.41, 5.74) is 8.41. The van der Waals surface area contributed by atoms with Crippen molar-refractivity contribution < 1.29 is 14.2 Å². The second-order valence-corrected chi connectivity index (χ2v) is 4.62. The number of methoxy groups -OCH3 is 2. The van der Waals surface area contributed by atoms with Gasteiger partial charge in [-0.1, -0.05) is 6.07 Å². The minimum atomic E-state index is 0.353. The third kappa shape index (κ3) is 3.08. The van der Waals surface area contributed by atoms with Crippen molar-refractivity contribution in [1.29, 1.82) is 0 Å². The fourth-order valence-corrected chi connectivity index (χ4v) is 2.19. The lowest BCUT2D eigenvalue weighted by Crippen LogP contribution is -2.05. The van der Waals surface area contributed by atoms with Gasteiger partial charge in [0.05, 0.1) is 14.2 Å². The van der Waals surface area contributed by atoms with Gasteiger partial charge in [-0.2, -0.15) is 0 Å². The summed E-state index contributed by atoms with van der Waals surface area (Å²) < 4.78 is 16.7. The number of hydrogen-bond acceptors (Lipinski definition) is 5. The number of nitrogens with two attached hydrogens (primary N) is 1. The van der Waals surface area contributed by atoms with Crippen molar-refractivity contribution >= 4 is 0 Å². The number of aryl methyl sites for hydroxylation is 2. The first-order valence-corrected chi connectivity index (χ1v) is 6.66. The minimum Gasteiger partial charge on any atom is -0.493 e. The molecule has 0 bridgehead atoms. The Labute approximate surface area is 124 Å². The van der Waals surface area contributed by atoms with Gasteiger partial charge in [-0.05, 0) is 26.0 Å². The van der Waals surface area contributed by atoms with Crippen LogP contribution in [0, 0.1) is 13.8 Å². The van der Waals surface area contributed by atoms with Crippen molar-refractivity contribution in [3.8, 4) is 23.0 Å². The van der Waals surface area contributed by atoms with E-state index in [4.69, 9.17) is 19.9 Å². The maximum atomic E-state index is 6.04. The van der Waals surface area contributed by atoms with Crippen LogP contribution in [0.2, 0.25) is 0 Å². The molecule has 0 radical (unpaired) electrons. The van der Waals surface area contributed by atoms with E-state index in [1.54, 1.807) is 14.2 Å². The SMILES string of the molecule is COc1cccc(OC)c1Oc1cc(C)nc(C)c1CN. The van der Waals surface area contributed by atoms with E-state index in [1.807, 2.05) is 38.1 Å². The van der Waals surface area contributed by atoms with E-state index in [-0.39, 0.29) is 0 Å². The van der Waals surface area contributed by atoms with Crippen molar-refractivity contribution in [3.05, 3.63) is 41.2 Å². The zero-order valence-electron chi connectivity index (χ0n) is 12.8. The summed E-state index contributed by atoms with van der Waals surface area (Å²) in [6.45, 7) is 4.19. The molecule has 0 aliphatic rings. The number of ether oxygens (including phenoxy) is 3. The van der Waals surface area contributed by atoms with E-state index < -0.39 is 0 Å². The zero-order chi connectivity index (χ0) is 15.4. The fraction of sp³-hybridized carbons (Fsp3) is 0.312. The lowest BCUT2D eigenvalue weighted by molar-refractivity contribution is 0.345. The molecule has 1 heterocycles. The topological polar surface area (TPSA) is 66.6 Å². The number of nitrogens with zero attached hydrogens (tertiary/aromatic N) is 1. The Hall–Kier alpha value is -2.27. The van der Waals surface area contributed by atoms with Crippen LogP contribution in [-0.2, 0) is 6.54 Å². The Morgan fingerprint density at radius 2 is 1.67 bits per heavy atom. The first-order valence-electron chi connectivity index (χ1n) is 6.66. The molecule has 2 rings (SSSR count). The third-order valence-corrected chi connectivity index (χ3v) is 3.22. The average molecular weight is 288 g/mol. The number of para-hydroxylation sites is 1. The zero-order valence-corrected chi connectivity index (χ0v) is 12.8. The van der Waals surface area contributed by atoms with Gasteiger partial charge in [-0.3, -0.25) is 4.98 Å². The van der Waals surface area contributed by atoms with Crippen LogP contribution in [0.25, 0.3) is 0 Å². The van der Waals surface area contributed by atoms with E-state index >= 15 is 0 Å². The molecule has 1 aromatic heterocycles. The molecule has 1 aromatic carbocycles. The number of hydrogen-bond donors (Lipinski definition) is 1. The first kappa shape index (κ1) is 15.1. The minimum absolute atomic E-state index is 0.353. The lowest BCUT2D eigenvalue weighted by Gasteiger charge is -2.17. The van der Waals surface area contributed by atoms with Crippen LogP contribution in [0.3, 0.4) is 0 Å². The van der Waals surface area contributed by atoms with Crippen molar-refractivity contribution in [2.45, 2.75) is 20.4 Å². The van der Waals surface area contributed by atoms with Crippen LogP contribution in [0.4, 0.5) is 0 Å². The normalized spacial score (nSPS) is 10.3. The first-order chi connectivity index (χ1) is 10.1. The van der Waals surface area contributed by atoms with Crippen LogP contribution < -0.4 is 19.9 Å². The number of benzene rings is 1. The van der Waals surface area contributed by atoms with Crippen molar-refractivity contribution in [1.82, 2.24) is 4.98 Å². The molecule has 0 atom stereocenters. The average Bonchev–Trinajstić information content (AvgIpc) is 2.47. The summed E-state index contributed by atoms with van der Waals surface area (Å²) in [5, 5.41) is 0. The number of pyridine rings is 1. The predicted octanol–water partition coefficient (Wildman–Crippen LogP) is 2.97. The van der Waals surface area contributed by atoms with E-state index in [2.05, 4.69) is 4.98 Å². The monoisotopic (exact) mass is 288 g/mol. The molecule has 0 aliphatic carbocycles. The van der Waals surface area contributed by atoms with Gasteiger partial charge in [0.25, 0.3) is 0 Å². The van der Waals surface area contributed by atoms with Crippen molar-refractivity contribution in [2.75, 3.05) is 14.2 Å². The summed E-state index contributed by atoms with van der Waals surface area (Å²) in [4.78, 5) is 4.41. The molecule has 0 amide bonds. The van der Waals surface area contributed by atoms with Gasteiger partial charge in [-0.15, -0.1) is 0 Å². The van der Waals surface area contributed by atoms with Gasteiger partial charge in [0.2, 0.25) is 5.75 Å². The Morgan fingerprint density at radius 3 is 2.19 bits per heavy atom. The van der Waals surface area contributed by atoms with Crippen LogP contribution >= 0.6 is 0 Å².